The van der Waals surface area contributed by atoms with Crippen molar-refractivity contribution in [1.29, 1.82) is 0 Å². The van der Waals surface area contributed by atoms with Crippen molar-refractivity contribution in [2.75, 3.05) is 7.11 Å². The van der Waals surface area contributed by atoms with Crippen LogP contribution in [0.5, 0.6) is 11.5 Å². The predicted molar refractivity (Wildman–Crippen MR) is 90.7 cm³/mol. The molecule has 4 nitrogen and oxygen atoms in total. The minimum Gasteiger partial charge on any atom is -0.496 e. The fourth-order valence-corrected chi connectivity index (χ4v) is 2.56. The molecule has 1 aliphatic heterocycles. The first-order valence-corrected chi connectivity index (χ1v) is 8.01. The normalized spacial score (nSPS) is 16.5. The standard InChI is InChI=1S/C19H26O4/c1-12(2)9-18(20)22-13(3)15-10-14-7-8-19(4,5)23-16(14)11-17(15)21-6/h7-8,10-13H,9H2,1-6H3/t13-/m0/s1. The van der Waals surface area contributed by atoms with Gasteiger partial charge in [0.05, 0.1) is 7.11 Å². The second kappa shape index (κ2) is 6.65. The summed E-state index contributed by atoms with van der Waals surface area (Å²) >= 11 is 0. The molecule has 2 rings (SSSR count). The number of rotatable bonds is 5. The third-order valence-electron chi connectivity index (χ3n) is 3.72. The fraction of sp³-hybridized carbons (Fsp3) is 0.526. The second-order valence-electron chi connectivity index (χ2n) is 6.90. The highest BCUT2D eigenvalue weighted by Crippen LogP contribution is 2.39. The van der Waals surface area contributed by atoms with E-state index in [1.807, 2.05) is 58.9 Å². The zero-order chi connectivity index (χ0) is 17.2. The minimum absolute atomic E-state index is 0.194. The third-order valence-corrected chi connectivity index (χ3v) is 3.72. The maximum atomic E-state index is 11.9. The highest BCUT2D eigenvalue weighted by Gasteiger charge is 2.25. The van der Waals surface area contributed by atoms with Gasteiger partial charge >= 0.3 is 5.97 Å². The summed E-state index contributed by atoms with van der Waals surface area (Å²) in [5.41, 5.74) is 1.47. The molecule has 0 bridgehead atoms. The van der Waals surface area contributed by atoms with Crippen LogP contribution < -0.4 is 9.47 Å². The van der Waals surface area contributed by atoms with Gasteiger partial charge in [0.1, 0.15) is 23.2 Å². The molecule has 0 aliphatic carbocycles. The summed E-state index contributed by atoms with van der Waals surface area (Å²) in [5.74, 6) is 1.53. The monoisotopic (exact) mass is 318 g/mol. The maximum absolute atomic E-state index is 11.9. The molecule has 126 valence electrons. The fourth-order valence-electron chi connectivity index (χ4n) is 2.56. The van der Waals surface area contributed by atoms with Crippen molar-refractivity contribution in [2.45, 2.75) is 52.7 Å². The van der Waals surface area contributed by atoms with Gasteiger partial charge in [0.15, 0.2) is 0 Å². The van der Waals surface area contributed by atoms with Crippen LogP contribution in [0.1, 0.15) is 58.3 Å². The van der Waals surface area contributed by atoms with Gasteiger partial charge in [-0.05, 0) is 38.8 Å². The zero-order valence-corrected chi connectivity index (χ0v) is 14.8. The first-order valence-electron chi connectivity index (χ1n) is 8.01. The smallest absolute Gasteiger partial charge is 0.306 e. The molecule has 1 aromatic rings. The average molecular weight is 318 g/mol. The topological polar surface area (TPSA) is 44.8 Å². The van der Waals surface area contributed by atoms with E-state index in [2.05, 4.69) is 0 Å². The number of fused-ring (bicyclic) bond motifs is 1. The van der Waals surface area contributed by atoms with Crippen LogP contribution in [0, 0.1) is 5.92 Å². The van der Waals surface area contributed by atoms with Crippen molar-refractivity contribution in [3.8, 4) is 11.5 Å². The van der Waals surface area contributed by atoms with E-state index in [0.717, 1.165) is 16.9 Å². The number of carbonyl (C=O) groups is 1. The zero-order valence-electron chi connectivity index (χ0n) is 14.8. The Hall–Kier alpha value is -1.97. The van der Waals surface area contributed by atoms with E-state index in [4.69, 9.17) is 14.2 Å². The molecule has 1 aliphatic rings. The molecule has 1 atom stereocenters. The molecule has 0 amide bonds. The Labute approximate surface area is 138 Å². The van der Waals surface area contributed by atoms with Crippen molar-refractivity contribution in [3.63, 3.8) is 0 Å². The molecule has 0 aromatic heterocycles. The first-order chi connectivity index (χ1) is 10.7. The summed E-state index contributed by atoms with van der Waals surface area (Å²) in [6.07, 6.45) is 4.09. The van der Waals surface area contributed by atoms with Crippen LogP contribution >= 0.6 is 0 Å². The van der Waals surface area contributed by atoms with Gasteiger partial charge < -0.3 is 14.2 Å². The number of esters is 1. The predicted octanol–water partition coefficient (Wildman–Crippen LogP) is 4.53. The Bertz CT molecular complexity index is 614. The Morgan fingerprint density at radius 3 is 2.57 bits per heavy atom. The molecule has 1 aromatic carbocycles. The first kappa shape index (κ1) is 17.4. The number of hydrogen-bond acceptors (Lipinski definition) is 4. The van der Waals surface area contributed by atoms with Crippen molar-refractivity contribution >= 4 is 12.0 Å². The van der Waals surface area contributed by atoms with Gasteiger partial charge in [-0.1, -0.05) is 19.9 Å². The molecule has 0 N–H and O–H groups in total. The molecule has 0 spiro atoms. The average Bonchev–Trinajstić information content (AvgIpc) is 2.43. The van der Waals surface area contributed by atoms with Gasteiger partial charge in [0, 0.05) is 23.6 Å². The number of hydrogen-bond donors (Lipinski definition) is 0. The van der Waals surface area contributed by atoms with E-state index < -0.39 is 0 Å². The second-order valence-corrected chi connectivity index (χ2v) is 6.90. The SMILES string of the molecule is COc1cc2c(cc1[C@H](C)OC(=O)CC(C)C)C=CC(C)(C)O2. The molecule has 1 heterocycles. The molecule has 0 fully saturated rings. The molecule has 0 saturated carbocycles. The van der Waals surface area contributed by atoms with Crippen molar-refractivity contribution in [1.82, 2.24) is 0 Å². The molecule has 0 unspecified atom stereocenters. The highest BCUT2D eigenvalue weighted by molar-refractivity contribution is 5.70. The summed E-state index contributed by atoms with van der Waals surface area (Å²) in [6.45, 7) is 9.86. The Kier molecular flexibility index (Phi) is 5.03. The highest BCUT2D eigenvalue weighted by atomic mass is 16.5. The van der Waals surface area contributed by atoms with Gasteiger partial charge in [0.2, 0.25) is 0 Å². The van der Waals surface area contributed by atoms with Crippen LogP contribution in [0.15, 0.2) is 18.2 Å². The van der Waals surface area contributed by atoms with Crippen LogP contribution in [-0.4, -0.2) is 18.7 Å². The Morgan fingerprint density at radius 2 is 1.96 bits per heavy atom. The lowest BCUT2D eigenvalue weighted by atomic mass is 9.98. The molecule has 4 heteroatoms. The minimum atomic E-state index is -0.371. The van der Waals surface area contributed by atoms with Gasteiger partial charge in [-0.2, -0.15) is 0 Å². The van der Waals surface area contributed by atoms with E-state index in [1.54, 1.807) is 7.11 Å². The molecule has 0 saturated heterocycles. The number of methoxy groups -OCH3 is 1. The van der Waals surface area contributed by atoms with Crippen molar-refractivity contribution in [2.24, 2.45) is 5.92 Å². The largest absolute Gasteiger partial charge is 0.496 e. The van der Waals surface area contributed by atoms with Crippen LogP contribution in [-0.2, 0) is 9.53 Å². The maximum Gasteiger partial charge on any atom is 0.306 e. The van der Waals surface area contributed by atoms with E-state index in [9.17, 15) is 4.79 Å². The van der Waals surface area contributed by atoms with Gasteiger partial charge in [0.25, 0.3) is 0 Å². The quantitative estimate of drug-likeness (QED) is 0.748. The molecule has 0 radical (unpaired) electrons. The van der Waals surface area contributed by atoms with E-state index >= 15 is 0 Å². The number of benzene rings is 1. The van der Waals surface area contributed by atoms with Crippen LogP contribution in [0.4, 0.5) is 0 Å². The van der Waals surface area contributed by atoms with Crippen molar-refractivity contribution in [3.05, 3.63) is 29.3 Å². The van der Waals surface area contributed by atoms with Crippen LogP contribution in [0.25, 0.3) is 6.08 Å². The summed E-state index contributed by atoms with van der Waals surface area (Å²) in [7, 11) is 1.61. The molecular formula is C19H26O4. The Balaban J connectivity index is 2.27. The number of ether oxygens (including phenoxy) is 3. The van der Waals surface area contributed by atoms with Gasteiger partial charge in [-0.3, -0.25) is 4.79 Å². The molecule has 23 heavy (non-hydrogen) atoms. The lowest BCUT2D eigenvalue weighted by molar-refractivity contribution is -0.149. The summed E-state index contributed by atoms with van der Waals surface area (Å²) in [6, 6.07) is 3.83. The lowest BCUT2D eigenvalue weighted by Gasteiger charge is -2.29. The summed E-state index contributed by atoms with van der Waals surface area (Å²) in [4.78, 5) is 11.9. The third kappa shape index (κ3) is 4.27. The van der Waals surface area contributed by atoms with Gasteiger partial charge in [-0.15, -0.1) is 0 Å². The lowest BCUT2D eigenvalue weighted by Crippen LogP contribution is -2.27. The summed E-state index contributed by atoms with van der Waals surface area (Å²) in [5, 5.41) is 0. The van der Waals surface area contributed by atoms with Gasteiger partial charge in [-0.25, -0.2) is 0 Å². The Morgan fingerprint density at radius 1 is 1.26 bits per heavy atom. The van der Waals surface area contributed by atoms with Crippen LogP contribution in [0.2, 0.25) is 0 Å². The number of carbonyl (C=O) groups excluding carboxylic acids is 1. The van der Waals surface area contributed by atoms with E-state index in [0.29, 0.717) is 12.2 Å². The summed E-state index contributed by atoms with van der Waals surface area (Å²) < 4.78 is 17.0. The van der Waals surface area contributed by atoms with Crippen LogP contribution in [0.3, 0.4) is 0 Å². The van der Waals surface area contributed by atoms with Crippen molar-refractivity contribution < 1.29 is 19.0 Å². The van der Waals surface area contributed by atoms with E-state index in [-0.39, 0.29) is 23.6 Å². The van der Waals surface area contributed by atoms with E-state index in [1.165, 1.54) is 0 Å². The molecular weight excluding hydrogens is 292 g/mol.